The Balaban J connectivity index is 2.18. The number of nitrogens with one attached hydrogen (secondary N) is 1. The largest absolute Gasteiger partial charge is 0.399 e. The first-order valence-electron chi connectivity index (χ1n) is 5.79. The fourth-order valence-corrected chi connectivity index (χ4v) is 3.54. The summed E-state index contributed by atoms with van der Waals surface area (Å²) in [5, 5.41) is 3.50. The molecule has 0 unspecified atom stereocenters. The zero-order chi connectivity index (χ0) is 12.9. The van der Waals surface area contributed by atoms with Crippen LogP contribution in [0.2, 0.25) is 0 Å². The number of hydrogen-bond donors (Lipinski definition) is 3. The number of rotatable bonds is 0. The van der Waals surface area contributed by atoms with Crippen LogP contribution in [-0.2, 0) is 0 Å². The van der Waals surface area contributed by atoms with Crippen LogP contribution in [0.1, 0.15) is 11.1 Å². The molecule has 1 aliphatic rings. The van der Waals surface area contributed by atoms with Gasteiger partial charge in [0.1, 0.15) is 0 Å². The lowest BCUT2D eigenvalue weighted by atomic mass is 10.1. The highest BCUT2D eigenvalue weighted by molar-refractivity contribution is 7.99. The molecule has 2 aromatic carbocycles. The van der Waals surface area contributed by atoms with Crippen LogP contribution in [-0.4, -0.2) is 0 Å². The molecule has 2 aromatic rings. The van der Waals surface area contributed by atoms with Gasteiger partial charge in [-0.15, -0.1) is 0 Å². The number of hydrogen-bond acceptors (Lipinski definition) is 4. The maximum Gasteiger partial charge on any atom is 0.0557 e. The molecule has 0 spiro atoms. The van der Waals surface area contributed by atoms with Crippen molar-refractivity contribution < 1.29 is 0 Å². The van der Waals surface area contributed by atoms with E-state index in [9.17, 15) is 0 Å². The molecule has 0 saturated carbocycles. The van der Waals surface area contributed by atoms with Gasteiger partial charge in [0, 0.05) is 21.2 Å². The second kappa shape index (κ2) is 3.85. The van der Waals surface area contributed by atoms with Crippen LogP contribution in [0, 0.1) is 13.8 Å². The molecule has 3 nitrogen and oxygen atoms in total. The van der Waals surface area contributed by atoms with Crippen molar-refractivity contribution in [1.29, 1.82) is 0 Å². The zero-order valence-corrected chi connectivity index (χ0v) is 11.2. The fraction of sp³-hybridized carbons (Fsp3) is 0.143. The normalized spacial score (nSPS) is 12.6. The summed E-state index contributed by atoms with van der Waals surface area (Å²) in [7, 11) is 0. The molecule has 0 atom stereocenters. The van der Waals surface area contributed by atoms with Crippen LogP contribution in [0.4, 0.5) is 22.7 Å². The Morgan fingerprint density at radius 1 is 0.833 bits per heavy atom. The van der Waals surface area contributed by atoms with Crippen molar-refractivity contribution in [2.75, 3.05) is 16.8 Å². The number of nitrogen functional groups attached to an aromatic ring is 2. The number of anilines is 4. The molecule has 0 saturated heterocycles. The molecule has 0 aliphatic carbocycles. The van der Waals surface area contributed by atoms with E-state index < -0.39 is 0 Å². The van der Waals surface area contributed by atoms with E-state index in [1.807, 2.05) is 24.3 Å². The first kappa shape index (κ1) is 11.3. The van der Waals surface area contributed by atoms with Crippen molar-refractivity contribution >= 4 is 34.5 Å². The maximum absolute atomic E-state index is 5.90. The SMILES string of the molecule is Cc1cc(N)cc2c1Nc1c(C)cc(N)cc1S2. The van der Waals surface area contributed by atoms with Crippen molar-refractivity contribution in [2.45, 2.75) is 23.6 Å². The topological polar surface area (TPSA) is 64.1 Å². The second-order valence-corrected chi connectivity index (χ2v) is 5.73. The summed E-state index contributed by atoms with van der Waals surface area (Å²) in [6.07, 6.45) is 0. The summed E-state index contributed by atoms with van der Waals surface area (Å²) in [5.41, 5.74) is 18.0. The molecule has 92 valence electrons. The van der Waals surface area contributed by atoms with Gasteiger partial charge in [-0.05, 0) is 49.2 Å². The summed E-state index contributed by atoms with van der Waals surface area (Å²) in [6.45, 7) is 4.14. The minimum Gasteiger partial charge on any atom is -0.399 e. The smallest absolute Gasteiger partial charge is 0.0557 e. The Hall–Kier alpha value is -1.81. The number of aryl methyl sites for hydroxylation is 2. The van der Waals surface area contributed by atoms with Gasteiger partial charge in [0.2, 0.25) is 0 Å². The molecule has 4 heteroatoms. The molecule has 5 N–H and O–H groups in total. The van der Waals surface area contributed by atoms with Crippen LogP contribution in [0.25, 0.3) is 0 Å². The lowest BCUT2D eigenvalue weighted by Crippen LogP contribution is -2.05. The summed E-state index contributed by atoms with van der Waals surface area (Å²) in [5.74, 6) is 0. The summed E-state index contributed by atoms with van der Waals surface area (Å²) >= 11 is 1.72. The van der Waals surface area contributed by atoms with E-state index in [2.05, 4.69) is 19.2 Å². The molecule has 1 aliphatic heterocycles. The van der Waals surface area contributed by atoms with E-state index in [1.54, 1.807) is 11.8 Å². The van der Waals surface area contributed by atoms with Crippen LogP contribution in [0.5, 0.6) is 0 Å². The molecule has 0 radical (unpaired) electrons. The van der Waals surface area contributed by atoms with Crippen LogP contribution < -0.4 is 16.8 Å². The highest BCUT2D eigenvalue weighted by Gasteiger charge is 2.19. The van der Waals surface area contributed by atoms with Gasteiger partial charge >= 0.3 is 0 Å². The molecule has 18 heavy (non-hydrogen) atoms. The van der Waals surface area contributed by atoms with E-state index >= 15 is 0 Å². The fourth-order valence-electron chi connectivity index (χ4n) is 2.29. The van der Waals surface area contributed by atoms with Gasteiger partial charge in [-0.25, -0.2) is 0 Å². The Kier molecular flexibility index (Phi) is 2.41. The van der Waals surface area contributed by atoms with Gasteiger partial charge in [0.15, 0.2) is 0 Å². The third-order valence-corrected chi connectivity index (χ3v) is 4.20. The van der Waals surface area contributed by atoms with E-state index in [4.69, 9.17) is 11.5 Å². The van der Waals surface area contributed by atoms with Gasteiger partial charge in [-0.1, -0.05) is 11.8 Å². The second-order valence-electron chi connectivity index (χ2n) is 4.65. The Labute approximate surface area is 111 Å². The minimum atomic E-state index is 0.796. The van der Waals surface area contributed by atoms with Crippen molar-refractivity contribution in [1.82, 2.24) is 0 Å². The van der Waals surface area contributed by atoms with Crippen LogP contribution >= 0.6 is 11.8 Å². The first-order valence-corrected chi connectivity index (χ1v) is 6.61. The summed E-state index contributed by atoms with van der Waals surface area (Å²) in [6, 6.07) is 7.98. The van der Waals surface area contributed by atoms with Crippen LogP contribution in [0.15, 0.2) is 34.1 Å². The molecule has 0 bridgehead atoms. The molecule has 1 heterocycles. The predicted molar refractivity (Wildman–Crippen MR) is 78.6 cm³/mol. The monoisotopic (exact) mass is 257 g/mol. The summed E-state index contributed by atoms with van der Waals surface area (Å²) < 4.78 is 0. The van der Waals surface area contributed by atoms with Gasteiger partial charge in [0.05, 0.1) is 11.4 Å². The van der Waals surface area contributed by atoms with Crippen molar-refractivity contribution in [3.8, 4) is 0 Å². The number of fused-ring (bicyclic) bond motifs is 2. The molecular formula is C14H15N3S. The maximum atomic E-state index is 5.90. The highest BCUT2D eigenvalue weighted by Crippen LogP contribution is 2.48. The first-order chi connectivity index (χ1) is 8.54. The minimum absolute atomic E-state index is 0.796. The third kappa shape index (κ3) is 1.69. The molecule has 0 fully saturated rings. The number of benzene rings is 2. The van der Waals surface area contributed by atoms with Gasteiger partial charge < -0.3 is 16.8 Å². The average Bonchev–Trinajstić information content (AvgIpc) is 2.26. The standard InChI is InChI=1S/C14H15N3S/c1-7-3-9(15)5-11-13(7)17-14-8(2)4-10(16)6-12(14)18-11/h3-6,17H,15-16H2,1-2H3. The lowest BCUT2D eigenvalue weighted by Gasteiger charge is -2.24. The predicted octanol–water partition coefficient (Wildman–Crippen LogP) is 3.68. The Morgan fingerprint density at radius 3 is 1.72 bits per heavy atom. The van der Waals surface area contributed by atoms with Gasteiger partial charge in [0.25, 0.3) is 0 Å². The molecular weight excluding hydrogens is 242 g/mol. The Bertz CT molecular complexity index is 594. The van der Waals surface area contributed by atoms with E-state index in [-0.39, 0.29) is 0 Å². The van der Waals surface area contributed by atoms with Crippen molar-refractivity contribution in [3.63, 3.8) is 0 Å². The van der Waals surface area contributed by atoms with E-state index in [1.165, 1.54) is 11.1 Å². The lowest BCUT2D eigenvalue weighted by molar-refractivity contribution is 1.25. The van der Waals surface area contributed by atoms with Gasteiger partial charge in [-0.2, -0.15) is 0 Å². The highest BCUT2D eigenvalue weighted by atomic mass is 32.2. The number of nitrogens with two attached hydrogens (primary N) is 2. The zero-order valence-electron chi connectivity index (χ0n) is 10.4. The van der Waals surface area contributed by atoms with Crippen molar-refractivity contribution in [2.24, 2.45) is 0 Å². The van der Waals surface area contributed by atoms with Crippen molar-refractivity contribution in [3.05, 3.63) is 35.4 Å². The Morgan fingerprint density at radius 2 is 1.28 bits per heavy atom. The third-order valence-electron chi connectivity index (χ3n) is 3.11. The van der Waals surface area contributed by atoms with E-state index in [0.717, 1.165) is 32.5 Å². The summed E-state index contributed by atoms with van der Waals surface area (Å²) in [4.78, 5) is 2.31. The van der Waals surface area contributed by atoms with Crippen LogP contribution in [0.3, 0.4) is 0 Å². The molecule has 3 rings (SSSR count). The average molecular weight is 257 g/mol. The molecule has 0 aromatic heterocycles. The van der Waals surface area contributed by atoms with Gasteiger partial charge in [-0.3, -0.25) is 0 Å². The van der Waals surface area contributed by atoms with E-state index in [0.29, 0.717) is 0 Å². The molecule has 0 amide bonds. The quantitative estimate of drug-likeness (QED) is 0.538.